The van der Waals surface area contributed by atoms with Gasteiger partial charge in [-0.3, -0.25) is 0 Å². The molecule has 1 aliphatic heterocycles. The predicted octanol–water partition coefficient (Wildman–Crippen LogP) is 3.58. The molecule has 2 atom stereocenters. The molecule has 5 rings (SSSR count). The standard InChI is InChI=1S/C22H23FN6/c1-13-9-28(10-14(2)25-13)18-4-5-20-16(6-18)8-24-21(27-20)17-7-19(23)22-26-15(3)11-29(22)12-17/h4-8,11-14,25H,9-10H2,1-3H3/t13-,14-/m0/s1. The van der Waals surface area contributed by atoms with Crippen LogP contribution in [0.5, 0.6) is 0 Å². The number of fused-ring (bicyclic) bond motifs is 2. The van der Waals surface area contributed by atoms with Crippen molar-refractivity contribution in [2.45, 2.75) is 32.9 Å². The second-order valence-corrected chi connectivity index (χ2v) is 8.00. The van der Waals surface area contributed by atoms with Crippen LogP contribution in [-0.2, 0) is 0 Å². The Kier molecular flexibility index (Phi) is 4.20. The van der Waals surface area contributed by atoms with Crippen LogP contribution in [0.3, 0.4) is 0 Å². The maximum Gasteiger partial charge on any atom is 0.173 e. The lowest BCUT2D eigenvalue weighted by Crippen LogP contribution is -2.54. The summed E-state index contributed by atoms with van der Waals surface area (Å²) >= 11 is 0. The number of aryl methyl sites for hydroxylation is 1. The molecule has 3 aromatic heterocycles. The minimum absolute atomic E-state index is 0.316. The molecule has 0 radical (unpaired) electrons. The molecule has 1 fully saturated rings. The molecule has 1 aromatic carbocycles. The van der Waals surface area contributed by atoms with E-state index in [1.807, 2.05) is 25.4 Å². The number of benzene rings is 1. The minimum Gasteiger partial charge on any atom is -0.368 e. The molecule has 0 bridgehead atoms. The largest absolute Gasteiger partial charge is 0.368 e. The highest BCUT2D eigenvalue weighted by Gasteiger charge is 2.21. The fourth-order valence-corrected chi connectivity index (χ4v) is 4.20. The van der Waals surface area contributed by atoms with Crippen LogP contribution < -0.4 is 10.2 Å². The summed E-state index contributed by atoms with van der Waals surface area (Å²) in [7, 11) is 0. The van der Waals surface area contributed by atoms with E-state index in [1.54, 1.807) is 10.6 Å². The summed E-state index contributed by atoms with van der Waals surface area (Å²) in [6, 6.07) is 8.60. The van der Waals surface area contributed by atoms with Gasteiger partial charge in [0.25, 0.3) is 0 Å². The molecule has 0 aliphatic carbocycles. The highest BCUT2D eigenvalue weighted by molar-refractivity contribution is 5.83. The van der Waals surface area contributed by atoms with Gasteiger partial charge in [-0.25, -0.2) is 19.3 Å². The third-order valence-corrected chi connectivity index (χ3v) is 5.37. The molecule has 0 unspecified atom stereocenters. The van der Waals surface area contributed by atoms with Gasteiger partial charge in [-0.2, -0.15) is 0 Å². The van der Waals surface area contributed by atoms with E-state index < -0.39 is 0 Å². The minimum atomic E-state index is -0.378. The van der Waals surface area contributed by atoms with E-state index in [2.05, 4.69) is 51.1 Å². The van der Waals surface area contributed by atoms with Gasteiger partial charge < -0.3 is 14.6 Å². The Morgan fingerprint density at radius 1 is 1.07 bits per heavy atom. The molecule has 7 heteroatoms. The summed E-state index contributed by atoms with van der Waals surface area (Å²) in [6.45, 7) is 8.19. The van der Waals surface area contributed by atoms with E-state index in [9.17, 15) is 4.39 Å². The van der Waals surface area contributed by atoms with Gasteiger partial charge in [-0.1, -0.05) is 0 Å². The van der Waals surface area contributed by atoms with Crippen molar-refractivity contribution in [3.8, 4) is 11.4 Å². The quantitative estimate of drug-likeness (QED) is 0.567. The Morgan fingerprint density at radius 3 is 2.66 bits per heavy atom. The number of rotatable bonds is 2. The van der Waals surface area contributed by atoms with Crippen LogP contribution in [0.15, 0.2) is 42.9 Å². The molecule has 1 aliphatic rings. The van der Waals surface area contributed by atoms with Crippen molar-refractivity contribution in [2.75, 3.05) is 18.0 Å². The lowest BCUT2D eigenvalue weighted by Gasteiger charge is -2.37. The van der Waals surface area contributed by atoms with Crippen LogP contribution in [0.4, 0.5) is 10.1 Å². The zero-order valence-corrected chi connectivity index (χ0v) is 16.7. The zero-order chi connectivity index (χ0) is 20.1. The van der Waals surface area contributed by atoms with Gasteiger partial charge in [0.2, 0.25) is 0 Å². The molecule has 29 heavy (non-hydrogen) atoms. The van der Waals surface area contributed by atoms with Gasteiger partial charge in [-0.15, -0.1) is 0 Å². The van der Waals surface area contributed by atoms with Gasteiger partial charge in [0.05, 0.1) is 11.2 Å². The number of aromatic nitrogens is 4. The highest BCUT2D eigenvalue weighted by Crippen LogP contribution is 2.25. The summed E-state index contributed by atoms with van der Waals surface area (Å²) in [5.74, 6) is 0.124. The summed E-state index contributed by atoms with van der Waals surface area (Å²) in [4.78, 5) is 15.8. The van der Waals surface area contributed by atoms with Crippen LogP contribution in [0, 0.1) is 12.7 Å². The SMILES string of the molecule is Cc1cn2cc(-c3ncc4cc(N5C[C@H](C)N[C@@H](C)C5)ccc4n3)cc(F)c2n1. The van der Waals surface area contributed by atoms with Crippen LogP contribution in [0.25, 0.3) is 27.9 Å². The van der Waals surface area contributed by atoms with E-state index in [4.69, 9.17) is 0 Å². The maximum atomic E-state index is 14.4. The van der Waals surface area contributed by atoms with Crippen LogP contribution in [0.2, 0.25) is 0 Å². The predicted molar refractivity (Wildman–Crippen MR) is 113 cm³/mol. The maximum absolute atomic E-state index is 14.4. The molecular weight excluding hydrogens is 367 g/mol. The number of pyridine rings is 1. The number of piperazine rings is 1. The van der Waals surface area contributed by atoms with Crippen molar-refractivity contribution >= 4 is 22.2 Å². The molecule has 0 saturated carbocycles. The summed E-state index contributed by atoms with van der Waals surface area (Å²) in [6.07, 6.45) is 5.43. The third-order valence-electron chi connectivity index (χ3n) is 5.37. The smallest absolute Gasteiger partial charge is 0.173 e. The molecule has 6 nitrogen and oxygen atoms in total. The molecule has 1 saturated heterocycles. The van der Waals surface area contributed by atoms with Crippen molar-refractivity contribution in [3.63, 3.8) is 0 Å². The molecule has 148 valence electrons. The number of halogens is 1. The van der Waals surface area contributed by atoms with Gasteiger partial charge >= 0.3 is 0 Å². The van der Waals surface area contributed by atoms with Gasteiger partial charge in [0.15, 0.2) is 17.3 Å². The zero-order valence-electron chi connectivity index (χ0n) is 16.7. The molecular formula is C22H23FN6. The first-order chi connectivity index (χ1) is 14.0. The number of anilines is 1. The molecule has 0 amide bonds. The topological polar surface area (TPSA) is 58.4 Å². The molecule has 0 spiro atoms. The number of nitrogens with zero attached hydrogens (tertiary/aromatic N) is 5. The Morgan fingerprint density at radius 2 is 1.86 bits per heavy atom. The molecule has 1 N–H and O–H groups in total. The van der Waals surface area contributed by atoms with Crippen LogP contribution >= 0.6 is 0 Å². The Hall–Kier alpha value is -3.06. The number of hydrogen-bond acceptors (Lipinski definition) is 5. The van der Waals surface area contributed by atoms with Crippen LogP contribution in [0.1, 0.15) is 19.5 Å². The number of nitrogens with one attached hydrogen (secondary N) is 1. The fraction of sp³-hybridized carbons (Fsp3) is 0.318. The Balaban J connectivity index is 1.51. The van der Waals surface area contributed by atoms with Crippen molar-refractivity contribution in [1.29, 1.82) is 0 Å². The van der Waals surface area contributed by atoms with Crippen LogP contribution in [-0.4, -0.2) is 44.5 Å². The Labute approximate surface area is 168 Å². The van der Waals surface area contributed by atoms with Crippen molar-refractivity contribution in [3.05, 3.63) is 54.4 Å². The van der Waals surface area contributed by atoms with E-state index >= 15 is 0 Å². The monoisotopic (exact) mass is 390 g/mol. The van der Waals surface area contributed by atoms with E-state index in [1.165, 1.54) is 11.8 Å². The van der Waals surface area contributed by atoms with Crippen molar-refractivity contribution in [2.24, 2.45) is 0 Å². The van der Waals surface area contributed by atoms with Crippen molar-refractivity contribution < 1.29 is 4.39 Å². The van der Waals surface area contributed by atoms with E-state index in [0.29, 0.717) is 29.1 Å². The Bertz CT molecular complexity index is 1210. The normalized spacial score (nSPS) is 19.9. The lowest BCUT2D eigenvalue weighted by molar-refractivity contribution is 0.407. The summed E-state index contributed by atoms with van der Waals surface area (Å²) in [5, 5.41) is 4.53. The van der Waals surface area contributed by atoms with Gasteiger partial charge in [0, 0.05) is 60.4 Å². The third kappa shape index (κ3) is 3.31. The molecule has 4 aromatic rings. The average Bonchev–Trinajstić information content (AvgIpc) is 3.07. The second kappa shape index (κ2) is 6.77. The summed E-state index contributed by atoms with van der Waals surface area (Å²) in [5.41, 5.74) is 3.73. The fourth-order valence-electron chi connectivity index (χ4n) is 4.20. The number of imidazole rings is 1. The lowest BCUT2D eigenvalue weighted by atomic mass is 10.1. The second-order valence-electron chi connectivity index (χ2n) is 8.00. The summed E-state index contributed by atoms with van der Waals surface area (Å²) < 4.78 is 16.1. The van der Waals surface area contributed by atoms with E-state index in [-0.39, 0.29) is 5.82 Å². The molecule has 4 heterocycles. The number of hydrogen-bond donors (Lipinski definition) is 1. The van der Waals surface area contributed by atoms with Gasteiger partial charge in [-0.05, 0) is 45.0 Å². The first-order valence-electron chi connectivity index (χ1n) is 9.89. The first-order valence-corrected chi connectivity index (χ1v) is 9.89. The van der Waals surface area contributed by atoms with Gasteiger partial charge in [0.1, 0.15) is 0 Å². The van der Waals surface area contributed by atoms with Crippen molar-refractivity contribution in [1.82, 2.24) is 24.7 Å². The highest BCUT2D eigenvalue weighted by atomic mass is 19.1. The first kappa shape index (κ1) is 18.0. The van der Waals surface area contributed by atoms with E-state index in [0.717, 1.165) is 29.7 Å². The average molecular weight is 390 g/mol.